The number of benzene rings is 1. The number of ether oxygens (including phenoxy) is 1. The van der Waals surface area contributed by atoms with Crippen LogP contribution in [0, 0.1) is 5.92 Å². The van der Waals surface area contributed by atoms with Crippen molar-refractivity contribution in [1.29, 1.82) is 0 Å². The lowest BCUT2D eigenvalue weighted by Crippen LogP contribution is -2.44. The summed E-state index contributed by atoms with van der Waals surface area (Å²) in [5, 5.41) is 0. The van der Waals surface area contributed by atoms with Crippen molar-refractivity contribution in [3.8, 4) is 0 Å². The predicted octanol–water partition coefficient (Wildman–Crippen LogP) is 2.99. The summed E-state index contributed by atoms with van der Waals surface area (Å²) < 4.78 is 32.6. The summed E-state index contributed by atoms with van der Waals surface area (Å²) >= 11 is 0. The fraction of sp³-hybridized carbons (Fsp3) is 0.680. The molecule has 1 atom stereocenters. The van der Waals surface area contributed by atoms with Crippen LogP contribution in [0.4, 0.5) is 0 Å². The summed E-state index contributed by atoms with van der Waals surface area (Å²) in [5.74, 6) is 0.0231. The van der Waals surface area contributed by atoms with Crippen molar-refractivity contribution in [2.75, 3.05) is 45.9 Å². The van der Waals surface area contributed by atoms with Crippen LogP contribution in [0.25, 0.3) is 0 Å². The van der Waals surface area contributed by atoms with Crippen LogP contribution in [0.15, 0.2) is 29.2 Å². The Kier molecular flexibility index (Phi) is 9.50. The first-order chi connectivity index (χ1) is 16.3. The molecule has 1 aromatic carbocycles. The Morgan fingerprint density at radius 2 is 1.74 bits per heavy atom. The molecular formula is C25H39N3O5S. The predicted molar refractivity (Wildman–Crippen MR) is 131 cm³/mol. The van der Waals surface area contributed by atoms with Crippen molar-refractivity contribution >= 4 is 21.9 Å². The van der Waals surface area contributed by atoms with Crippen LogP contribution in [0.5, 0.6) is 0 Å². The van der Waals surface area contributed by atoms with Crippen LogP contribution in [0.1, 0.15) is 63.2 Å². The maximum atomic E-state index is 13.4. The molecule has 9 heteroatoms. The summed E-state index contributed by atoms with van der Waals surface area (Å²) in [6.45, 7) is 10.1. The number of carbonyl (C=O) groups excluding carboxylic acids is 2. The van der Waals surface area contributed by atoms with Crippen molar-refractivity contribution < 1.29 is 22.7 Å². The van der Waals surface area contributed by atoms with Crippen molar-refractivity contribution in [3.63, 3.8) is 0 Å². The van der Waals surface area contributed by atoms with Gasteiger partial charge in [-0.15, -0.1) is 0 Å². The Morgan fingerprint density at radius 3 is 2.35 bits per heavy atom. The van der Waals surface area contributed by atoms with Gasteiger partial charge in [-0.2, -0.15) is 4.31 Å². The molecule has 2 heterocycles. The van der Waals surface area contributed by atoms with E-state index in [1.807, 2.05) is 0 Å². The van der Waals surface area contributed by atoms with Gasteiger partial charge in [0, 0.05) is 37.8 Å². The minimum atomic E-state index is -3.56. The fourth-order valence-electron chi connectivity index (χ4n) is 4.83. The molecule has 8 nitrogen and oxygen atoms in total. The smallest absolute Gasteiger partial charge is 0.307 e. The summed E-state index contributed by atoms with van der Waals surface area (Å²) in [5.41, 5.74) is 0.427. The number of rotatable bonds is 10. The third-order valence-corrected chi connectivity index (χ3v) is 8.91. The Bertz CT molecular complexity index is 926. The lowest BCUT2D eigenvalue weighted by Gasteiger charge is -2.30. The van der Waals surface area contributed by atoms with E-state index in [1.54, 1.807) is 24.0 Å². The average Bonchev–Trinajstić information content (AvgIpc) is 3.29. The van der Waals surface area contributed by atoms with Gasteiger partial charge in [-0.25, -0.2) is 8.42 Å². The zero-order chi connectivity index (χ0) is 24.7. The second-order valence-electron chi connectivity index (χ2n) is 9.34. The van der Waals surface area contributed by atoms with Crippen LogP contribution >= 0.6 is 0 Å². The molecule has 0 N–H and O–H groups in total. The molecule has 2 aliphatic rings. The van der Waals surface area contributed by atoms with Crippen molar-refractivity contribution in [2.24, 2.45) is 5.92 Å². The molecule has 1 aromatic rings. The van der Waals surface area contributed by atoms with E-state index in [2.05, 4.69) is 18.7 Å². The molecule has 190 valence electrons. The normalized spacial score (nSPS) is 20.4. The highest BCUT2D eigenvalue weighted by Crippen LogP contribution is 2.24. The largest absolute Gasteiger partial charge is 0.466 e. The molecule has 34 heavy (non-hydrogen) atoms. The zero-order valence-electron chi connectivity index (χ0n) is 20.7. The van der Waals surface area contributed by atoms with Crippen molar-refractivity contribution in [3.05, 3.63) is 29.8 Å². The monoisotopic (exact) mass is 493 g/mol. The summed E-state index contributed by atoms with van der Waals surface area (Å²) in [6.07, 6.45) is 3.98. The van der Waals surface area contributed by atoms with Gasteiger partial charge in [0.2, 0.25) is 10.0 Å². The third kappa shape index (κ3) is 6.58. The van der Waals surface area contributed by atoms with Crippen molar-refractivity contribution in [2.45, 2.75) is 63.8 Å². The first kappa shape index (κ1) is 26.6. The van der Waals surface area contributed by atoms with E-state index in [0.29, 0.717) is 37.7 Å². The van der Waals surface area contributed by atoms with E-state index in [-0.39, 0.29) is 35.8 Å². The highest BCUT2D eigenvalue weighted by atomic mass is 32.2. The van der Waals surface area contributed by atoms with Gasteiger partial charge < -0.3 is 9.64 Å². The van der Waals surface area contributed by atoms with E-state index >= 15 is 0 Å². The van der Waals surface area contributed by atoms with Crippen LogP contribution in [-0.2, 0) is 19.6 Å². The van der Waals surface area contributed by atoms with Crippen molar-refractivity contribution in [1.82, 2.24) is 14.1 Å². The molecule has 1 amide bonds. The minimum Gasteiger partial charge on any atom is -0.466 e. The second-order valence-corrected chi connectivity index (χ2v) is 11.3. The number of sulfonamides is 1. The number of hydrogen-bond acceptors (Lipinski definition) is 6. The highest BCUT2D eigenvalue weighted by molar-refractivity contribution is 7.89. The van der Waals surface area contributed by atoms with Crippen LogP contribution in [0.2, 0.25) is 0 Å². The zero-order valence-corrected chi connectivity index (χ0v) is 21.6. The maximum Gasteiger partial charge on any atom is 0.307 e. The van der Waals surface area contributed by atoms with Gasteiger partial charge in [0.1, 0.15) is 0 Å². The lowest BCUT2D eigenvalue weighted by atomic mass is 10.0. The molecule has 0 bridgehead atoms. The number of nitrogens with zero attached hydrogens (tertiary/aromatic N) is 3. The summed E-state index contributed by atoms with van der Waals surface area (Å²) in [6, 6.07) is 6.49. The first-order valence-electron chi connectivity index (χ1n) is 12.5. The Labute approximate surface area is 204 Å². The van der Waals surface area contributed by atoms with E-state index in [0.717, 1.165) is 38.8 Å². The van der Waals surface area contributed by atoms with E-state index in [1.165, 1.54) is 16.4 Å². The Balaban J connectivity index is 1.73. The molecule has 2 aliphatic heterocycles. The molecule has 0 saturated carbocycles. The van der Waals surface area contributed by atoms with Crippen LogP contribution < -0.4 is 0 Å². The lowest BCUT2D eigenvalue weighted by molar-refractivity contribution is -0.143. The number of esters is 1. The highest BCUT2D eigenvalue weighted by Gasteiger charge is 2.30. The number of hydrogen-bond donors (Lipinski definition) is 0. The summed E-state index contributed by atoms with van der Waals surface area (Å²) in [7, 11) is -3.56. The minimum absolute atomic E-state index is 0.137. The van der Waals surface area contributed by atoms with E-state index in [4.69, 9.17) is 4.74 Å². The van der Waals surface area contributed by atoms with Gasteiger partial charge in [-0.3, -0.25) is 14.5 Å². The molecule has 3 rings (SSSR count). The third-order valence-electron chi connectivity index (χ3n) is 7.00. The SMILES string of the molecule is CCOC(=O)CCN(CC1CCCN1CC)C(=O)c1ccc(S(=O)(=O)N2CCC(C)CC2)cc1. The Hall–Kier alpha value is -1.97. The number of likely N-dealkylation sites (tertiary alicyclic amines) is 1. The molecule has 1 unspecified atom stereocenters. The molecule has 0 aliphatic carbocycles. The molecule has 0 aromatic heterocycles. The maximum absolute atomic E-state index is 13.4. The van der Waals surface area contributed by atoms with Gasteiger partial charge in [0.25, 0.3) is 5.91 Å². The first-order valence-corrected chi connectivity index (χ1v) is 14.0. The van der Waals surface area contributed by atoms with E-state index in [9.17, 15) is 18.0 Å². The second kappa shape index (κ2) is 12.1. The quantitative estimate of drug-likeness (QED) is 0.466. The van der Waals surface area contributed by atoms with Gasteiger partial charge >= 0.3 is 5.97 Å². The topological polar surface area (TPSA) is 87.2 Å². The molecule has 2 saturated heterocycles. The fourth-order valence-corrected chi connectivity index (χ4v) is 6.30. The standard InChI is InChI=1S/C25H39N3O5S/c1-4-26-15-6-7-22(26)19-27(16-14-24(29)33-5-2)25(30)21-8-10-23(11-9-21)34(31,32)28-17-12-20(3)13-18-28/h8-11,20,22H,4-7,12-19H2,1-3H3. The number of piperidine rings is 1. The molecule has 2 fully saturated rings. The van der Waals surface area contributed by atoms with E-state index < -0.39 is 10.0 Å². The van der Waals surface area contributed by atoms with Crippen LogP contribution in [-0.4, -0.2) is 86.3 Å². The molecular weight excluding hydrogens is 454 g/mol. The Morgan fingerprint density at radius 1 is 1.06 bits per heavy atom. The van der Waals surface area contributed by atoms with Gasteiger partial charge in [-0.1, -0.05) is 13.8 Å². The number of carbonyl (C=O) groups is 2. The average molecular weight is 494 g/mol. The number of likely N-dealkylation sites (N-methyl/N-ethyl adjacent to an activating group) is 1. The number of amides is 1. The van der Waals surface area contributed by atoms with Gasteiger partial charge in [0.05, 0.1) is 17.9 Å². The summed E-state index contributed by atoms with van der Waals surface area (Å²) in [4.78, 5) is 29.6. The van der Waals surface area contributed by atoms with Gasteiger partial charge in [0.15, 0.2) is 0 Å². The molecule has 0 spiro atoms. The van der Waals surface area contributed by atoms with Crippen LogP contribution in [0.3, 0.4) is 0 Å². The molecule has 0 radical (unpaired) electrons. The van der Waals surface area contributed by atoms with Gasteiger partial charge in [-0.05, 0) is 75.9 Å².